The summed E-state index contributed by atoms with van der Waals surface area (Å²) in [6.07, 6.45) is 4.57. The van der Waals surface area contributed by atoms with Gasteiger partial charge in [-0.3, -0.25) is 0 Å². The summed E-state index contributed by atoms with van der Waals surface area (Å²) in [5.74, 6) is -0.959. The summed E-state index contributed by atoms with van der Waals surface area (Å²) in [4.78, 5) is 15.0. The third-order valence-corrected chi connectivity index (χ3v) is 2.46. The van der Waals surface area contributed by atoms with E-state index in [0.29, 0.717) is 18.3 Å². The number of aromatic nitrogens is 2. The van der Waals surface area contributed by atoms with Gasteiger partial charge in [-0.15, -0.1) is 0 Å². The lowest BCUT2D eigenvalue weighted by Gasteiger charge is -2.14. The van der Waals surface area contributed by atoms with Crippen LogP contribution in [0.4, 0.5) is 0 Å². The van der Waals surface area contributed by atoms with Gasteiger partial charge in [0.25, 0.3) is 0 Å². The molecule has 5 nitrogen and oxygen atoms in total. The molecule has 1 aromatic heterocycles. The van der Waals surface area contributed by atoms with E-state index in [4.69, 9.17) is 9.84 Å². The minimum Gasteiger partial charge on any atom is -0.479 e. The highest BCUT2D eigenvalue weighted by Crippen LogP contribution is 2.37. The Hall–Kier alpha value is -1.36. The second-order valence-corrected chi connectivity index (χ2v) is 3.63. The summed E-state index contributed by atoms with van der Waals surface area (Å²) in [6, 6.07) is 0.421. The third kappa shape index (κ3) is 2.02. The average Bonchev–Trinajstić information content (AvgIpc) is 2.94. The summed E-state index contributed by atoms with van der Waals surface area (Å²) < 4.78 is 7.12. The summed E-state index contributed by atoms with van der Waals surface area (Å²) in [5.41, 5.74) is 0.645. The molecule has 0 radical (unpaired) electrons. The normalized spacial score (nSPS) is 17.7. The fourth-order valence-corrected chi connectivity index (χ4v) is 1.63. The van der Waals surface area contributed by atoms with Crippen LogP contribution in [-0.2, 0) is 9.53 Å². The van der Waals surface area contributed by atoms with Crippen LogP contribution in [0, 0.1) is 0 Å². The first-order valence-electron chi connectivity index (χ1n) is 5.10. The Bertz CT molecular complexity index is 357. The van der Waals surface area contributed by atoms with Gasteiger partial charge >= 0.3 is 5.97 Å². The minimum atomic E-state index is -0.959. The van der Waals surface area contributed by atoms with Crippen molar-refractivity contribution in [2.75, 3.05) is 6.61 Å². The highest BCUT2D eigenvalue weighted by Gasteiger charge is 2.31. The SMILES string of the molecule is CCOC(C(=O)O)c1cncn1C1CC1. The van der Waals surface area contributed by atoms with Crippen molar-refractivity contribution in [1.29, 1.82) is 0 Å². The topological polar surface area (TPSA) is 64.3 Å². The molecule has 0 spiro atoms. The predicted molar refractivity (Wildman–Crippen MR) is 52.5 cm³/mol. The van der Waals surface area contributed by atoms with Gasteiger partial charge in [0, 0.05) is 12.6 Å². The molecule has 1 heterocycles. The Balaban J connectivity index is 2.24. The second kappa shape index (κ2) is 4.02. The van der Waals surface area contributed by atoms with Gasteiger partial charge in [0.2, 0.25) is 0 Å². The van der Waals surface area contributed by atoms with E-state index in [0.717, 1.165) is 12.8 Å². The van der Waals surface area contributed by atoms with E-state index in [1.165, 1.54) is 0 Å². The Morgan fingerprint density at radius 2 is 2.53 bits per heavy atom. The molecule has 0 aromatic carbocycles. The van der Waals surface area contributed by atoms with Crippen LogP contribution >= 0.6 is 0 Å². The third-order valence-electron chi connectivity index (χ3n) is 2.46. The van der Waals surface area contributed by atoms with Gasteiger partial charge in [0.15, 0.2) is 6.10 Å². The van der Waals surface area contributed by atoms with Crippen molar-refractivity contribution in [3.8, 4) is 0 Å². The van der Waals surface area contributed by atoms with Crippen molar-refractivity contribution in [1.82, 2.24) is 9.55 Å². The number of carbonyl (C=O) groups is 1. The molecule has 1 fully saturated rings. The summed E-state index contributed by atoms with van der Waals surface area (Å²) in [6.45, 7) is 2.17. The average molecular weight is 210 g/mol. The maximum absolute atomic E-state index is 11.0. The van der Waals surface area contributed by atoms with Crippen LogP contribution in [-0.4, -0.2) is 27.2 Å². The van der Waals surface area contributed by atoms with Crippen molar-refractivity contribution in [3.63, 3.8) is 0 Å². The highest BCUT2D eigenvalue weighted by molar-refractivity contribution is 5.73. The molecule has 1 aliphatic rings. The van der Waals surface area contributed by atoms with E-state index in [1.54, 1.807) is 19.4 Å². The molecule has 0 bridgehead atoms. The molecule has 5 heteroatoms. The van der Waals surface area contributed by atoms with E-state index in [9.17, 15) is 4.79 Å². The van der Waals surface area contributed by atoms with Gasteiger partial charge in [-0.25, -0.2) is 9.78 Å². The molecule has 15 heavy (non-hydrogen) atoms. The molecule has 0 saturated heterocycles. The number of carboxylic acids is 1. The molecule has 1 aliphatic carbocycles. The summed E-state index contributed by atoms with van der Waals surface area (Å²) in [7, 11) is 0. The minimum absolute atomic E-state index is 0.382. The van der Waals surface area contributed by atoms with E-state index in [1.807, 2.05) is 4.57 Å². The fraction of sp³-hybridized carbons (Fsp3) is 0.600. The lowest BCUT2D eigenvalue weighted by atomic mass is 10.2. The van der Waals surface area contributed by atoms with Gasteiger partial charge in [-0.05, 0) is 19.8 Å². The fourth-order valence-electron chi connectivity index (χ4n) is 1.63. The van der Waals surface area contributed by atoms with Gasteiger partial charge in [-0.2, -0.15) is 0 Å². The molecule has 1 saturated carbocycles. The summed E-state index contributed by atoms with van der Waals surface area (Å²) >= 11 is 0. The number of ether oxygens (including phenoxy) is 1. The Kier molecular flexibility index (Phi) is 2.73. The van der Waals surface area contributed by atoms with Crippen LogP contribution in [0.15, 0.2) is 12.5 Å². The van der Waals surface area contributed by atoms with Crippen molar-refractivity contribution in [2.45, 2.75) is 31.9 Å². The van der Waals surface area contributed by atoms with Crippen molar-refractivity contribution in [2.24, 2.45) is 0 Å². The smallest absolute Gasteiger partial charge is 0.339 e. The van der Waals surface area contributed by atoms with Crippen LogP contribution in [0.2, 0.25) is 0 Å². The number of hydrogen-bond acceptors (Lipinski definition) is 3. The molecule has 1 unspecified atom stereocenters. The van der Waals surface area contributed by atoms with Crippen molar-refractivity contribution < 1.29 is 14.6 Å². The molecule has 1 aromatic rings. The first kappa shape index (κ1) is 10.2. The van der Waals surface area contributed by atoms with Gasteiger partial charge < -0.3 is 14.4 Å². The van der Waals surface area contributed by atoms with E-state index in [-0.39, 0.29) is 0 Å². The van der Waals surface area contributed by atoms with Crippen LogP contribution < -0.4 is 0 Å². The van der Waals surface area contributed by atoms with Crippen LogP contribution in [0.25, 0.3) is 0 Å². The zero-order chi connectivity index (χ0) is 10.8. The number of nitrogens with zero attached hydrogens (tertiary/aromatic N) is 2. The number of imidazole rings is 1. The zero-order valence-corrected chi connectivity index (χ0v) is 8.59. The van der Waals surface area contributed by atoms with Crippen molar-refractivity contribution >= 4 is 5.97 Å². The van der Waals surface area contributed by atoms with Crippen molar-refractivity contribution in [3.05, 3.63) is 18.2 Å². The molecule has 1 N–H and O–H groups in total. The largest absolute Gasteiger partial charge is 0.479 e. The molecular weight excluding hydrogens is 196 g/mol. The number of hydrogen-bond donors (Lipinski definition) is 1. The van der Waals surface area contributed by atoms with Crippen LogP contribution in [0.3, 0.4) is 0 Å². The predicted octanol–water partition coefficient (Wildman–Crippen LogP) is 1.38. The molecule has 0 aliphatic heterocycles. The lowest BCUT2D eigenvalue weighted by molar-refractivity contribution is -0.151. The quantitative estimate of drug-likeness (QED) is 0.797. The van der Waals surface area contributed by atoms with Crippen LogP contribution in [0.1, 0.15) is 37.6 Å². The van der Waals surface area contributed by atoms with Gasteiger partial charge in [0.05, 0.1) is 18.2 Å². The van der Waals surface area contributed by atoms with E-state index < -0.39 is 12.1 Å². The lowest BCUT2D eigenvalue weighted by Crippen LogP contribution is -2.18. The number of aliphatic carboxylic acids is 1. The molecule has 0 amide bonds. The summed E-state index contributed by atoms with van der Waals surface area (Å²) in [5, 5.41) is 9.04. The molecular formula is C10H14N2O3. The Labute approximate surface area is 87.7 Å². The Morgan fingerprint density at radius 1 is 1.80 bits per heavy atom. The number of carboxylic acid groups (broad SMARTS) is 1. The second-order valence-electron chi connectivity index (χ2n) is 3.63. The highest BCUT2D eigenvalue weighted by atomic mass is 16.5. The number of rotatable bonds is 5. The maximum Gasteiger partial charge on any atom is 0.339 e. The maximum atomic E-state index is 11.0. The Morgan fingerprint density at radius 3 is 3.07 bits per heavy atom. The van der Waals surface area contributed by atoms with Gasteiger partial charge in [-0.1, -0.05) is 0 Å². The standard InChI is InChI=1S/C10H14N2O3/c1-2-15-9(10(13)14)8-5-11-6-12(8)7-3-4-7/h5-7,9H,2-4H2,1H3,(H,13,14). The first-order valence-corrected chi connectivity index (χ1v) is 5.10. The van der Waals surface area contributed by atoms with Crippen LogP contribution in [0.5, 0.6) is 0 Å². The monoisotopic (exact) mass is 210 g/mol. The molecule has 82 valence electrons. The molecule has 2 rings (SSSR count). The van der Waals surface area contributed by atoms with E-state index in [2.05, 4.69) is 4.98 Å². The first-order chi connectivity index (χ1) is 7.24. The molecule has 1 atom stereocenters. The van der Waals surface area contributed by atoms with Gasteiger partial charge in [0.1, 0.15) is 0 Å². The van der Waals surface area contributed by atoms with E-state index >= 15 is 0 Å². The zero-order valence-electron chi connectivity index (χ0n) is 8.59.